The SMILES string of the molecule is O=C(Nc1ccc(Cl)cc1)N1CCc2c([nH]c3ccccc23)C1. The Balaban J connectivity index is 1.53. The summed E-state index contributed by atoms with van der Waals surface area (Å²) in [6.07, 6.45) is 0.868. The monoisotopic (exact) mass is 325 g/mol. The van der Waals surface area contributed by atoms with Gasteiger partial charge in [0.1, 0.15) is 0 Å². The van der Waals surface area contributed by atoms with Crippen LogP contribution in [0.1, 0.15) is 11.3 Å². The van der Waals surface area contributed by atoms with E-state index in [1.54, 1.807) is 24.3 Å². The van der Waals surface area contributed by atoms with Crippen LogP contribution in [0.5, 0.6) is 0 Å². The molecule has 2 N–H and O–H groups in total. The minimum absolute atomic E-state index is 0.0865. The number of anilines is 1. The molecule has 1 aliphatic rings. The number of urea groups is 1. The number of H-pyrrole nitrogens is 1. The fourth-order valence-corrected chi connectivity index (χ4v) is 3.23. The first-order chi connectivity index (χ1) is 11.2. The molecule has 2 aromatic carbocycles. The molecular weight excluding hydrogens is 310 g/mol. The highest BCUT2D eigenvalue weighted by Crippen LogP contribution is 2.27. The standard InChI is InChI=1S/C18H16ClN3O/c19-12-5-7-13(8-6-12)20-18(23)22-10-9-15-14-3-1-2-4-16(14)21-17(15)11-22/h1-8,21H,9-11H2,(H,20,23). The van der Waals surface area contributed by atoms with Crippen LogP contribution >= 0.6 is 11.6 Å². The van der Waals surface area contributed by atoms with E-state index in [0.717, 1.165) is 23.3 Å². The molecule has 0 unspecified atom stereocenters. The summed E-state index contributed by atoms with van der Waals surface area (Å²) in [7, 11) is 0. The molecule has 3 aromatic rings. The Kier molecular flexibility index (Phi) is 3.46. The molecule has 0 spiro atoms. The molecular formula is C18H16ClN3O. The van der Waals surface area contributed by atoms with E-state index in [-0.39, 0.29) is 6.03 Å². The number of nitrogens with zero attached hydrogens (tertiary/aromatic N) is 1. The first-order valence-electron chi connectivity index (χ1n) is 7.60. The van der Waals surface area contributed by atoms with E-state index in [0.29, 0.717) is 18.1 Å². The normalized spacial score (nSPS) is 13.9. The van der Waals surface area contributed by atoms with Crippen LogP contribution in [-0.2, 0) is 13.0 Å². The van der Waals surface area contributed by atoms with Crippen LogP contribution in [0.2, 0.25) is 5.02 Å². The Labute approximate surface area is 139 Å². The lowest BCUT2D eigenvalue weighted by Gasteiger charge is -2.27. The maximum Gasteiger partial charge on any atom is 0.322 e. The van der Waals surface area contributed by atoms with E-state index in [4.69, 9.17) is 11.6 Å². The van der Waals surface area contributed by atoms with E-state index in [1.807, 2.05) is 11.0 Å². The molecule has 0 aliphatic carbocycles. The van der Waals surface area contributed by atoms with Gasteiger partial charge in [0.2, 0.25) is 0 Å². The Bertz CT molecular complexity index is 870. The van der Waals surface area contributed by atoms with Gasteiger partial charge in [0, 0.05) is 33.9 Å². The van der Waals surface area contributed by atoms with Gasteiger partial charge in [-0.2, -0.15) is 0 Å². The van der Waals surface area contributed by atoms with E-state index in [1.165, 1.54) is 10.9 Å². The topological polar surface area (TPSA) is 48.1 Å². The number of amides is 2. The van der Waals surface area contributed by atoms with Crippen molar-refractivity contribution in [1.82, 2.24) is 9.88 Å². The molecule has 0 bridgehead atoms. The van der Waals surface area contributed by atoms with E-state index >= 15 is 0 Å². The number of hydrogen-bond donors (Lipinski definition) is 2. The Hall–Kier alpha value is -2.46. The molecule has 4 nitrogen and oxygen atoms in total. The van der Waals surface area contributed by atoms with Gasteiger partial charge in [-0.05, 0) is 42.3 Å². The number of fused-ring (bicyclic) bond motifs is 3. The average Bonchev–Trinajstić information content (AvgIpc) is 2.94. The van der Waals surface area contributed by atoms with Crippen LogP contribution in [0.15, 0.2) is 48.5 Å². The lowest BCUT2D eigenvalue weighted by Crippen LogP contribution is -2.38. The highest BCUT2D eigenvalue weighted by molar-refractivity contribution is 6.30. The summed E-state index contributed by atoms with van der Waals surface area (Å²) in [5, 5.41) is 4.84. The van der Waals surface area contributed by atoms with Gasteiger partial charge in [-0.3, -0.25) is 0 Å². The average molecular weight is 326 g/mol. The summed E-state index contributed by atoms with van der Waals surface area (Å²) in [6, 6.07) is 15.3. The van der Waals surface area contributed by atoms with Crippen molar-refractivity contribution in [3.63, 3.8) is 0 Å². The van der Waals surface area contributed by atoms with Crippen molar-refractivity contribution in [3.8, 4) is 0 Å². The summed E-state index contributed by atoms with van der Waals surface area (Å²) in [4.78, 5) is 17.7. The van der Waals surface area contributed by atoms with Crippen molar-refractivity contribution in [2.75, 3.05) is 11.9 Å². The highest BCUT2D eigenvalue weighted by Gasteiger charge is 2.23. The Morgan fingerprint density at radius 3 is 2.74 bits per heavy atom. The van der Waals surface area contributed by atoms with Gasteiger partial charge in [-0.25, -0.2) is 4.79 Å². The summed E-state index contributed by atoms with van der Waals surface area (Å²) in [6.45, 7) is 1.32. The minimum Gasteiger partial charge on any atom is -0.357 e. The molecule has 0 radical (unpaired) electrons. The third kappa shape index (κ3) is 2.66. The second kappa shape index (κ2) is 5.63. The van der Waals surface area contributed by atoms with Crippen molar-refractivity contribution in [3.05, 3.63) is 64.8 Å². The highest BCUT2D eigenvalue weighted by atomic mass is 35.5. The van der Waals surface area contributed by atoms with Crippen molar-refractivity contribution in [2.24, 2.45) is 0 Å². The first kappa shape index (κ1) is 14.2. The number of carbonyl (C=O) groups excluding carboxylic acids is 1. The minimum atomic E-state index is -0.0865. The van der Waals surface area contributed by atoms with Crippen molar-refractivity contribution in [2.45, 2.75) is 13.0 Å². The first-order valence-corrected chi connectivity index (χ1v) is 7.98. The second-order valence-corrected chi connectivity index (χ2v) is 6.17. The zero-order valence-electron chi connectivity index (χ0n) is 12.5. The van der Waals surface area contributed by atoms with Crippen LogP contribution in [-0.4, -0.2) is 22.5 Å². The quantitative estimate of drug-likeness (QED) is 0.684. The van der Waals surface area contributed by atoms with E-state index in [2.05, 4.69) is 28.5 Å². The number of aromatic nitrogens is 1. The second-order valence-electron chi connectivity index (χ2n) is 5.74. The molecule has 23 heavy (non-hydrogen) atoms. The third-order valence-electron chi connectivity index (χ3n) is 4.27. The molecule has 0 atom stereocenters. The predicted octanol–water partition coefficient (Wildman–Crippen LogP) is 4.41. The van der Waals surface area contributed by atoms with E-state index in [9.17, 15) is 4.79 Å². The van der Waals surface area contributed by atoms with Gasteiger partial charge >= 0.3 is 6.03 Å². The van der Waals surface area contributed by atoms with Gasteiger partial charge in [0.25, 0.3) is 0 Å². The molecule has 0 saturated carbocycles. The molecule has 2 heterocycles. The molecule has 1 aliphatic heterocycles. The molecule has 0 fully saturated rings. The van der Waals surface area contributed by atoms with Gasteiger partial charge in [0.15, 0.2) is 0 Å². The summed E-state index contributed by atoms with van der Waals surface area (Å²) >= 11 is 5.86. The maximum atomic E-state index is 12.4. The summed E-state index contributed by atoms with van der Waals surface area (Å²) in [5.41, 5.74) is 4.35. The van der Waals surface area contributed by atoms with Crippen molar-refractivity contribution in [1.29, 1.82) is 0 Å². The number of benzene rings is 2. The Morgan fingerprint density at radius 1 is 1.13 bits per heavy atom. The number of nitrogens with one attached hydrogen (secondary N) is 2. The number of para-hydroxylation sites is 1. The van der Waals surface area contributed by atoms with Crippen LogP contribution in [0, 0.1) is 0 Å². The summed E-state index contributed by atoms with van der Waals surface area (Å²) in [5.74, 6) is 0. The van der Waals surface area contributed by atoms with Gasteiger partial charge < -0.3 is 15.2 Å². The Morgan fingerprint density at radius 2 is 1.91 bits per heavy atom. The number of hydrogen-bond acceptors (Lipinski definition) is 1. The molecule has 4 rings (SSSR count). The lowest BCUT2D eigenvalue weighted by molar-refractivity contribution is 0.206. The largest absolute Gasteiger partial charge is 0.357 e. The fraction of sp³-hybridized carbons (Fsp3) is 0.167. The molecule has 2 amide bonds. The van der Waals surface area contributed by atoms with Crippen LogP contribution in [0.25, 0.3) is 10.9 Å². The van der Waals surface area contributed by atoms with E-state index < -0.39 is 0 Å². The zero-order chi connectivity index (χ0) is 15.8. The smallest absolute Gasteiger partial charge is 0.322 e. The number of carbonyl (C=O) groups is 1. The van der Waals surface area contributed by atoms with Crippen molar-refractivity contribution < 1.29 is 4.79 Å². The van der Waals surface area contributed by atoms with Crippen LogP contribution in [0.3, 0.4) is 0 Å². The number of rotatable bonds is 1. The molecule has 0 saturated heterocycles. The van der Waals surface area contributed by atoms with Gasteiger partial charge in [-0.1, -0.05) is 29.8 Å². The molecule has 1 aromatic heterocycles. The zero-order valence-corrected chi connectivity index (χ0v) is 13.2. The number of aromatic amines is 1. The number of halogens is 1. The third-order valence-corrected chi connectivity index (χ3v) is 4.52. The lowest BCUT2D eigenvalue weighted by atomic mass is 10.0. The van der Waals surface area contributed by atoms with Crippen LogP contribution < -0.4 is 5.32 Å². The predicted molar refractivity (Wildman–Crippen MR) is 92.9 cm³/mol. The fourth-order valence-electron chi connectivity index (χ4n) is 3.10. The maximum absolute atomic E-state index is 12.4. The van der Waals surface area contributed by atoms with Gasteiger partial charge in [-0.15, -0.1) is 0 Å². The molecule has 116 valence electrons. The van der Waals surface area contributed by atoms with Crippen molar-refractivity contribution >= 4 is 34.2 Å². The van der Waals surface area contributed by atoms with Crippen LogP contribution in [0.4, 0.5) is 10.5 Å². The van der Waals surface area contributed by atoms with Gasteiger partial charge in [0.05, 0.1) is 6.54 Å². The summed E-state index contributed by atoms with van der Waals surface area (Å²) < 4.78 is 0. The molecule has 5 heteroatoms.